The van der Waals surface area contributed by atoms with Crippen LogP contribution in [-0.4, -0.2) is 33.2 Å². The number of ether oxygens (including phenoxy) is 1. The molecule has 0 bridgehead atoms. The Bertz CT molecular complexity index is 1130. The van der Waals surface area contributed by atoms with E-state index < -0.39 is 15.6 Å². The van der Waals surface area contributed by atoms with Gasteiger partial charge in [-0.2, -0.15) is 0 Å². The highest BCUT2D eigenvalue weighted by molar-refractivity contribution is 7.91. The second-order valence-electron chi connectivity index (χ2n) is 7.52. The van der Waals surface area contributed by atoms with Crippen molar-refractivity contribution in [2.45, 2.75) is 28.9 Å². The normalized spacial score (nSPS) is 13.5. The summed E-state index contributed by atoms with van der Waals surface area (Å²) < 4.78 is 31.2. The summed E-state index contributed by atoms with van der Waals surface area (Å²) in [5.41, 5.74) is 5.80. The molecule has 32 heavy (non-hydrogen) atoms. The lowest BCUT2D eigenvalue weighted by molar-refractivity contribution is 0.0206. The Balaban J connectivity index is 1.61. The molecule has 170 valence electrons. The fourth-order valence-corrected chi connectivity index (χ4v) is 4.66. The third-order valence-electron chi connectivity index (χ3n) is 5.02. The molecule has 0 spiro atoms. The molecule has 3 aromatic rings. The maximum absolute atomic E-state index is 12.9. The van der Waals surface area contributed by atoms with Gasteiger partial charge >= 0.3 is 0 Å². The first-order valence-electron chi connectivity index (χ1n) is 10.2. The minimum atomic E-state index is -3.63. The van der Waals surface area contributed by atoms with Crippen LogP contribution in [-0.2, 0) is 22.0 Å². The van der Waals surface area contributed by atoms with E-state index in [-0.39, 0.29) is 9.79 Å². The Labute approximate surface area is 193 Å². The van der Waals surface area contributed by atoms with Crippen molar-refractivity contribution in [1.29, 1.82) is 0 Å². The lowest BCUT2D eigenvalue weighted by Crippen LogP contribution is -2.40. The number of nitrogens with two attached hydrogens (primary N) is 1. The molecule has 1 atom stereocenters. The van der Waals surface area contributed by atoms with E-state index in [2.05, 4.69) is 5.32 Å². The van der Waals surface area contributed by atoms with Gasteiger partial charge in [-0.3, -0.25) is 5.32 Å². The number of benzene rings is 3. The Morgan fingerprint density at radius 2 is 1.66 bits per heavy atom. The van der Waals surface area contributed by atoms with Gasteiger partial charge in [-0.1, -0.05) is 35.9 Å². The molecule has 0 aliphatic rings. The average molecular weight is 475 g/mol. The van der Waals surface area contributed by atoms with E-state index in [0.29, 0.717) is 42.5 Å². The quantitative estimate of drug-likeness (QED) is 0.389. The van der Waals surface area contributed by atoms with E-state index in [1.165, 1.54) is 12.1 Å². The van der Waals surface area contributed by atoms with Crippen molar-refractivity contribution in [2.24, 2.45) is 5.73 Å². The van der Waals surface area contributed by atoms with Gasteiger partial charge in [0, 0.05) is 18.1 Å². The summed E-state index contributed by atoms with van der Waals surface area (Å²) in [6.07, 6.45) is 0.615. The van der Waals surface area contributed by atoms with Gasteiger partial charge in [0.15, 0.2) is 0 Å². The molecular weight excluding hydrogens is 448 g/mol. The second-order valence-corrected chi connectivity index (χ2v) is 9.90. The van der Waals surface area contributed by atoms with Crippen molar-refractivity contribution in [3.05, 3.63) is 88.9 Å². The van der Waals surface area contributed by atoms with Crippen LogP contribution in [0.1, 0.15) is 18.1 Å². The van der Waals surface area contributed by atoms with Gasteiger partial charge in [-0.05, 0) is 73.0 Å². The van der Waals surface area contributed by atoms with Crippen LogP contribution in [0, 0.1) is 0 Å². The lowest BCUT2D eigenvalue weighted by Gasteiger charge is -2.25. The summed E-state index contributed by atoms with van der Waals surface area (Å²) in [6, 6.07) is 20.1. The molecule has 4 N–H and O–H groups in total. The van der Waals surface area contributed by atoms with Gasteiger partial charge in [0.1, 0.15) is 18.1 Å². The number of sulfone groups is 1. The first-order chi connectivity index (χ1) is 15.2. The number of hydrogen-bond donors (Lipinski definition) is 3. The number of halogens is 1. The Hall–Kier alpha value is -2.42. The molecule has 0 amide bonds. The Kier molecular flexibility index (Phi) is 7.92. The first kappa shape index (κ1) is 24.2. The molecular formula is C24H27ClN2O4S. The average Bonchev–Trinajstić information content (AvgIpc) is 2.78. The van der Waals surface area contributed by atoms with Gasteiger partial charge in [0.2, 0.25) is 9.84 Å². The fourth-order valence-electron chi connectivity index (χ4n) is 3.21. The number of aliphatic hydroxyl groups is 1. The van der Waals surface area contributed by atoms with Crippen molar-refractivity contribution >= 4 is 21.4 Å². The maximum atomic E-state index is 12.9. The Morgan fingerprint density at radius 1 is 1.03 bits per heavy atom. The van der Waals surface area contributed by atoms with Crippen molar-refractivity contribution in [2.75, 3.05) is 19.7 Å². The topological polar surface area (TPSA) is 102 Å². The van der Waals surface area contributed by atoms with Crippen LogP contribution in [0.2, 0.25) is 5.02 Å². The number of nitrogens with one attached hydrogen (secondary N) is 1. The van der Waals surface area contributed by atoms with Gasteiger partial charge in [0.05, 0.1) is 9.79 Å². The largest absolute Gasteiger partial charge is 0.492 e. The molecule has 0 aliphatic carbocycles. The van der Waals surface area contributed by atoms with E-state index in [4.69, 9.17) is 22.1 Å². The lowest BCUT2D eigenvalue weighted by atomic mass is 10.0. The molecule has 0 aromatic heterocycles. The molecule has 3 rings (SSSR count). The van der Waals surface area contributed by atoms with Crippen molar-refractivity contribution in [3.8, 4) is 5.75 Å². The predicted octanol–water partition coefficient (Wildman–Crippen LogP) is 3.51. The summed E-state index contributed by atoms with van der Waals surface area (Å²) >= 11 is 6.01. The number of hydrogen-bond acceptors (Lipinski definition) is 6. The molecule has 0 heterocycles. The van der Waals surface area contributed by atoms with Gasteiger partial charge in [-0.25, -0.2) is 8.42 Å². The van der Waals surface area contributed by atoms with Crippen molar-refractivity contribution in [1.82, 2.24) is 5.32 Å². The molecule has 0 fully saturated rings. The molecule has 0 saturated heterocycles. The summed E-state index contributed by atoms with van der Waals surface area (Å²) in [4.78, 5) is 0.417. The van der Waals surface area contributed by atoms with E-state index in [9.17, 15) is 13.5 Å². The fraction of sp³-hybridized carbons (Fsp3) is 0.250. The summed E-state index contributed by atoms with van der Waals surface area (Å²) in [5, 5.41) is 14.3. The van der Waals surface area contributed by atoms with E-state index >= 15 is 0 Å². The molecule has 3 aromatic carbocycles. The van der Waals surface area contributed by atoms with E-state index in [1.807, 2.05) is 0 Å². The van der Waals surface area contributed by atoms with Crippen LogP contribution < -0.4 is 15.8 Å². The SMILES string of the molecule is C[C@](O)(NCCc1ccc(S(=O)(=O)c2ccc(OCCN)cc2)cc1)c1cccc(Cl)c1. The molecule has 8 heteroatoms. The smallest absolute Gasteiger partial charge is 0.206 e. The summed E-state index contributed by atoms with van der Waals surface area (Å²) in [7, 11) is -3.63. The van der Waals surface area contributed by atoms with Gasteiger partial charge in [-0.15, -0.1) is 0 Å². The summed E-state index contributed by atoms with van der Waals surface area (Å²) in [6.45, 7) is 2.92. The monoisotopic (exact) mass is 474 g/mol. The first-order valence-corrected chi connectivity index (χ1v) is 12.1. The van der Waals surface area contributed by atoms with Gasteiger partial charge in [0.25, 0.3) is 0 Å². The highest BCUT2D eigenvalue weighted by Gasteiger charge is 2.22. The zero-order valence-electron chi connectivity index (χ0n) is 17.8. The highest BCUT2D eigenvalue weighted by atomic mass is 35.5. The van der Waals surface area contributed by atoms with Crippen LogP contribution in [0.4, 0.5) is 0 Å². The molecule has 0 unspecified atom stereocenters. The van der Waals surface area contributed by atoms with E-state index in [1.54, 1.807) is 67.6 Å². The van der Waals surface area contributed by atoms with Crippen LogP contribution in [0.25, 0.3) is 0 Å². The molecule has 0 aliphatic heterocycles. The molecule has 0 radical (unpaired) electrons. The predicted molar refractivity (Wildman–Crippen MR) is 126 cm³/mol. The zero-order valence-corrected chi connectivity index (χ0v) is 19.4. The third kappa shape index (κ3) is 6.09. The maximum Gasteiger partial charge on any atom is 0.206 e. The van der Waals surface area contributed by atoms with Crippen molar-refractivity contribution in [3.63, 3.8) is 0 Å². The van der Waals surface area contributed by atoms with Crippen LogP contribution >= 0.6 is 11.6 Å². The highest BCUT2D eigenvalue weighted by Crippen LogP contribution is 2.24. The molecule has 6 nitrogen and oxygen atoms in total. The standard InChI is InChI=1S/C24H27ClN2O4S/c1-24(28,19-3-2-4-20(25)17-19)27-15-13-18-5-9-22(10-6-18)32(29,30)23-11-7-21(8-12-23)31-16-14-26/h2-12,17,27-28H,13-16,26H2,1H3/t24-/m1/s1. The van der Waals surface area contributed by atoms with Crippen LogP contribution in [0.15, 0.2) is 82.6 Å². The van der Waals surface area contributed by atoms with Crippen LogP contribution in [0.3, 0.4) is 0 Å². The minimum Gasteiger partial charge on any atom is -0.492 e. The zero-order chi connectivity index (χ0) is 23.2. The minimum absolute atomic E-state index is 0.199. The number of rotatable bonds is 10. The van der Waals surface area contributed by atoms with Crippen molar-refractivity contribution < 1.29 is 18.3 Å². The third-order valence-corrected chi connectivity index (χ3v) is 7.04. The van der Waals surface area contributed by atoms with E-state index in [0.717, 1.165) is 5.56 Å². The second kappa shape index (κ2) is 10.5. The van der Waals surface area contributed by atoms with Crippen LogP contribution in [0.5, 0.6) is 5.75 Å². The molecule has 0 saturated carbocycles. The summed E-state index contributed by atoms with van der Waals surface area (Å²) in [5.74, 6) is 0.575. The Morgan fingerprint density at radius 3 is 2.25 bits per heavy atom. The van der Waals surface area contributed by atoms with Gasteiger partial charge < -0.3 is 15.6 Å².